The molecule has 0 amide bonds. The van der Waals surface area contributed by atoms with Crippen LogP contribution in [0.1, 0.15) is 18.2 Å². The van der Waals surface area contributed by atoms with E-state index < -0.39 is 0 Å². The van der Waals surface area contributed by atoms with E-state index >= 15 is 0 Å². The van der Waals surface area contributed by atoms with Gasteiger partial charge in [-0.2, -0.15) is 0 Å². The summed E-state index contributed by atoms with van der Waals surface area (Å²) in [5, 5.41) is 3.23. The molecule has 2 aromatic rings. The van der Waals surface area contributed by atoms with Gasteiger partial charge >= 0.3 is 0 Å². The van der Waals surface area contributed by atoms with Crippen molar-refractivity contribution in [3.8, 4) is 0 Å². The van der Waals surface area contributed by atoms with Crippen molar-refractivity contribution in [2.24, 2.45) is 0 Å². The van der Waals surface area contributed by atoms with Gasteiger partial charge in [0.15, 0.2) is 0 Å². The number of aromatic amines is 1. The summed E-state index contributed by atoms with van der Waals surface area (Å²) in [7, 11) is 0. The van der Waals surface area contributed by atoms with Gasteiger partial charge in [-0.15, -0.1) is 0 Å². The lowest BCUT2D eigenvalue weighted by Crippen LogP contribution is -1.93. The fourth-order valence-electron chi connectivity index (χ4n) is 1.48. The van der Waals surface area contributed by atoms with Crippen LogP contribution in [0.15, 0.2) is 30.5 Å². The third-order valence-corrected chi connectivity index (χ3v) is 2.30. The Labute approximate surface area is 89.6 Å². The lowest BCUT2D eigenvalue weighted by molar-refractivity contribution is 1.14. The molecule has 15 heavy (non-hydrogen) atoms. The van der Waals surface area contributed by atoms with Crippen molar-refractivity contribution >= 4 is 11.6 Å². The Kier molecular flexibility index (Phi) is 2.72. The van der Waals surface area contributed by atoms with Crippen LogP contribution in [0, 0.1) is 6.92 Å². The third-order valence-electron chi connectivity index (χ3n) is 2.30. The number of hydrogen-bond donors (Lipinski definition) is 2. The van der Waals surface area contributed by atoms with Gasteiger partial charge in [0, 0.05) is 17.6 Å². The number of H-pyrrole nitrogens is 1. The largest absolute Gasteiger partial charge is 0.328 e. The third kappa shape index (κ3) is 2.37. The predicted molar refractivity (Wildman–Crippen MR) is 62.4 cm³/mol. The molecule has 2 N–H and O–H groups in total. The predicted octanol–water partition coefficient (Wildman–Crippen LogP) is 3.02. The Morgan fingerprint density at radius 2 is 2.27 bits per heavy atom. The molecule has 0 aliphatic rings. The van der Waals surface area contributed by atoms with Crippen LogP contribution in [0.25, 0.3) is 0 Å². The summed E-state index contributed by atoms with van der Waals surface area (Å²) >= 11 is 0. The van der Waals surface area contributed by atoms with E-state index in [2.05, 4.69) is 40.4 Å². The number of rotatable bonds is 3. The molecule has 0 unspecified atom stereocenters. The van der Waals surface area contributed by atoms with Gasteiger partial charge in [-0.3, -0.25) is 0 Å². The molecule has 0 saturated carbocycles. The molecule has 78 valence electrons. The zero-order chi connectivity index (χ0) is 10.7. The van der Waals surface area contributed by atoms with Crippen LogP contribution >= 0.6 is 0 Å². The molecule has 3 nitrogen and oxygen atoms in total. The van der Waals surface area contributed by atoms with E-state index in [4.69, 9.17) is 0 Å². The van der Waals surface area contributed by atoms with Crippen molar-refractivity contribution < 1.29 is 0 Å². The summed E-state index contributed by atoms with van der Waals surface area (Å²) in [6.45, 7) is 4.14. The van der Waals surface area contributed by atoms with Gasteiger partial charge in [0.05, 0.1) is 0 Å². The van der Waals surface area contributed by atoms with Crippen molar-refractivity contribution in [3.05, 3.63) is 41.7 Å². The number of nitrogens with one attached hydrogen (secondary N) is 2. The highest BCUT2D eigenvalue weighted by atomic mass is 15.1. The normalized spacial score (nSPS) is 10.3. The Hall–Kier alpha value is -1.77. The molecule has 0 fully saturated rings. The van der Waals surface area contributed by atoms with Crippen molar-refractivity contribution in [3.63, 3.8) is 0 Å². The summed E-state index contributed by atoms with van der Waals surface area (Å²) in [5.74, 6) is 0.792. The zero-order valence-corrected chi connectivity index (χ0v) is 9.04. The Morgan fingerprint density at radius 3 is 2.93 bits per heavy atom. The fourth-order valence-corrected chi connectivity index (χ4v) is 1.48. The number of aromatic nitrogens is 2. The highest BCUT2D eigenvalue weighted by Crippen LogP contribution is 2.15. The monoisotopic (exact) mass is 201 g/mol. The standard InChI is InChI=1S/C12H15N3/c1-3-10-5-4-6-11(7-10)15-12-13-8-9(2)14-12/h4-8H,3H2,1-2H3,(H2,13,14,15). The molecule has 0 aliphatic heterocycles. The lowest BCUT2D eigenvalue weighted by atomic mass is 10.1. The van der Waals surface area contributed by atoms with E-state index in [9.17, 15) is 0 Å². The van der Waals surface area contributed by atoms with Gasteiger partial charge in [-0.1, -0.05) is 19.1 Å². The summed E-state index contributed by atoms with van der Waals surface area (Å²) in [6.07, 6.45) is 2.86. The van der Waals surface area contributed by atoms with E-state index in [0.717, 1.165) is 23.8 Å². The van der Waals surface area contributed by atoms with Gasteiger partial charge in [0.2, 0.25) is 5.95 Å². The minimum atomic E-state index is 0.792. The second kappa shape index (κ2) is 4.17. The number of aryl methyl sites for hydroxylation is 2. The highest BCUT2D eigenvalue weighted by molar-refractivity contribution is 5.54. The second-order valence-corrected chi connectivity index (χ2v) is 3.59. The summed E-state index contributed by atoms with van der Waals surface area (Å²) in [6, 6.07) is 8.35. The average Bonchev–Trinajstić information content (AvgIpc) is 2.64. The number of anilines is 2. The minimum absolute atomic E-state index is 0.792. The summed E-state index contributed by atoms with van der Waals surface area (Å²) in [4.78, 5) is 7.34. The maximum Gasteiger partial charge on any atom is 0.204 e. The number of imidazole rings is 1. The van der Waals surface area contributed by atoms with Crippen LogP contribution in [-0.2, 0) is 6.42 Å². The minimum Gasteiger partial charge on any atom is -0.328 e. The molecule has 0 aliphatic carbocycles. The fraction of sp³-hybridized carbons (Fsp3) is 0.250. The number of hydrogen-bond acceptors (Lipinski definition) is 2. The van der Waals surface area contributed by atoms with Crippen LogP contribution in [0.2, 0.25) is 0 Å². The Morgan fingerprint density at radius 1 is 1.40 bits per heavy atom. The Balaban J connectivity index is 2.16. The smallest absolute Gasteiger partial charge is 0.204 e. The Bertz CT molecular complexity index is 446. The molecule has 0 radical (unpaired) electrons. The molecule has 1 heterocycles. The molecule has 3 heteroatoms. The highest BCUT2D eigenvalue weighted by Gasteiger charge is 1.98. The van der Waals surface area contributed by atoms with Crippen LogP contribution in [0.3, 0.4) is 0 Å². The molecule has 1 aromatic carbocycles. The lowest BCUT2D eigenvalue weighted by Gasteiger charge is -2.04. The molecule has 0 saturated heterocycles. The maximum absolute atomic E-state index is 4.20. The van der Waals surface area contributed by atoms with E-state index in [0.29, 0.717) is 0 Å². The van der Waals surface area contributed by atoms with Gasteiger partial charge < -0.3 is 10.3 Å². The van der Waals surface area contributed by atoms with Crippen molar-refractivity contribution in [2.45, 2.75) is 20.3 Å². The average molecular weight is 201 g/mol. The second-order valence-electron chi connectivity index (χ2n) is 3.59. The topological polar surface area (TPSA) is 40.7 Å². The van der Waals surface area contributed by atoms with Gasteiger partial charge in [0.1, 0.15) is 0 Å². The first-order valence-electron chi connectivity index (χ1n) is 5.15. The van der Waals surface area contributed by atoms with Crippen molar-refractivity contribution in [2.75, 3.05) is 5.32 Å². The zero-order valence-electron chi connectivity index (χ0n) is 9.04. The first kappa shape index (κ1) is 9.77. The molecule has 0 spiro atoms. The first-order chi connectivity index (χ1) is 7.28. The summed E-state index contributed by atoms with van der Waals surface area (Å²) < 4.78 is 0. The van der Waals surface area contributed by atoms with Crippen LogP contribution in [-0.4, -0.2) is 9.97 Å². The van der Waals surface area contributed by atoms with E-state index in [-0.39, 0.29) is 0 Å². The first-order valence-corrected chi connectivity index (χ1v) is 5.15. The molecular weight excluding hydrogens is 186 g/mol. The van der Waals surface area contributed by atoms with Gasteiger partial charge in [0.25, 0.3) is 0 Å². The van der Waals surface area contributed by atoms with E-state index in [1.807, 2.05) is 19.2 Å². The van der Waals surface area contributed by atoms with Crippen LogP contribution in [0.4, 0.5) is 11.6 Å². The molecule has 2 rings (SSSR count). The van der Waals surface area contributed by atoms with Gasteiger partial charge in [-0.25, -0.2) is 4.98 Å². The maximum atomic E-state index is 4.20. The molecular formula is C12H15N3. The molecule has 0 bridgehead atoms. The van der Waals surface area contributed by atoms with Gasteiger partial charge in [-0.05, 0) is 31.0 Å². The van der Waals surface area contributed by atoms with Crippen molar-refractivity contribution in [1.29, 1.82) is 0 Å². The summed E-state index contributed by atoms with van der Waals surface area (Å²) in [5.41, 5.74) is 3.45. The molecule has 1 aromatic heterocycles. The van der Waals surface area contributed by atoms with Crippen LogP contribution < -0.4 is 5.32 Å². The van der Waals surface area contributed by atoms with Crippen molar-refractivity contribution in [1.82, 2.24) is 9.97 Å². The van der Waals surface area contributed by atoms with E-state index in [1.54, 1.807) is 0 Å². The van der Waals surface area contributed by atoms with Crippen LogP contribution in [0.5, 0.6) is 0 Å². The quantitative estimate of drug-likeness (QED) is 0.801. The number of benzene rings is 1. The molecule has 0 atom stereocenters. The number of nitrogens with zero attached hydrogens (tertiary/aromatic N) is 1. The van der Waals surface area contributed by atoms with E-state index in [1.165, 1.54) is 5.56 Å². The SMILES string of the molecule is CCc1cccc(Nc2ncc(C)[nH]2)c1.